The molecule has 0 unspecified atom stereocenters. The van der Waals surface area contributed by atoms with Crippen LogP contribution in [0.15, 0.2) is 54.6 Å². The molecule has 0 aliphatic heterocycles. The van der Waals surface area contributed by atoms with Crippen molar-refractivity contribution in [3.63, 3.8) is 0 Å². The van der Waals surface area contributed by atoms with Gasteiger partial charge in [0.2, 0.25) is 0 Å². The number of benzene rings is 2. The minimum atomic E-state index is -0.842. The molecule has 0 fully saturated rings. The van der Waals surface area contributed by atoms with Crippen molar-refractivity contribution in [2.45, 2.75) is 0 Å². The van der Waals surface area contributed by atoms with Crippen LogP contribution in [0, 0.1) is 10.1 Å². The number of amides is 3. The van der Waals surface area contributed by atoms with E-state index in [0.29, 0.717) is 5.56 Å². The van der Waals surface area contributed by atoms with Gasteiger partial charge in [0, 0.05) is 23.3 Å². The van der Waals surface area contributed by atoms with Crippen molar-refractivity contribution >= 4 is 29.4 Å². The lowest BCUT2D eigenvalue weighted by Gasteiger charge is -2.09. The van der Waals surface area contributed by atoms with Gasteiger partial charge in [0.25, 0.3) is 23.4 Å². The van der Waals surface area contributed by atoms with E-state index < -0.39 is 41.8 Å². The first-order valence-corrected chi connectivity index (χ1v) is 8.19. The Kier molecular flexibility index (Phi) is 7.36. The van der Waals surface area contributed by atoms with E-state index in [9.17, 15) is 29.3 Å². The third-order valence-corrected chi connectivity index (χ3v) is 3.45. The monoisotopic (exact) mass is 400 g/mol. The highest BCUT2D eigenvalue weighted by molar-refractivity contribution is 5.96. The van der Waals surface area contributed by atoms with Crippen LogP contribution in [0.25, 0.3) is 0 Å². The third kappa shape index (κ3) is 6.75. The first kappa shape index (κ1) is 21.0. The van der Waals surface area contributed by atoms with Crippen LogP contribution in [0.1, 0.15) is 20.7 Å². The molecule has 0 radical (unpaired) electrons. The van der Waals surface area contributed by atoms with Crippen molar-refractivity contribution in [2.75, 3.05) is 13.2 Å². The van der Waals surface area contributed by atoms with Gasteiger partial charge in [-0.15, -0.1) is 0 Å². The molecular formula is C18H16N4O7. The standard InChI is InChI=1S/C18H16N4O7/c23-15(20-21-18(26)13-6-8-14(9-7-13)22(27)28)11-29-16(24)10-19-17(25)12-4-2-1-3-5-12/h1-9H,10-11H2,(H,19,25)(H,20,23)(H,21,26). The van der Waals surface area contributed by atoms with Gasteiger partial charge in [0.1, 0.15) is 6.54 Å². The van der Waals surface area contributed by atoms with E-state index in [1.807, 2.05) is 5.43 Å². The van der Waals surface area contributed by atoms with Crippen LogP contribution in [0.5, 0.6) is 0 Å². The smallest absolute Gasteiger partial charge is 0.325 e. The molecule has 0 spiro atoms. The number of nitro benzene ring substituents is 1. The Morgan fingerprint density at radius 3 is 2.10 bits per heavy atom. The van der Waals surface area contributed by atoms with Crippen molar-refractivity contribution in [3.05, 3.63) is 75.8 Å². The van der Waals surface area contributed by atoms with E-state index in [0.717, 1.165) is 12.1 Å². The number of nitro groups is 1. The number of hydrazine groups is 1. The molecule has 11 nitrogen and oxygen atoms in total. The predicted octanol–water partition coefficient (Wildman–Crippen LogP) is 0.329. The number of nitrogens with one attached hydrogen (secondary N) is 3. The summed E-state index contributed by atoms with van der Waals surface area (Å²) in [5.41, 5.74) is 4.37. The van der Waals surface area contributed by atoms with Gasteiger partial charge in [0.15, 0.2) is 6.61 Å². The molecule has 0 atom stereocenters. The second-order valence-electron chi connectivity index (χ2n) is 5.52. The summed E-state index contributed by atoms with van der Waals surface area (Å²) in [6.45, 7) is -1.11. The molecule has 2 rings (SSSR count). The number of carbonyl (C=O) groups is 4. The minimum absolute atomic E-state index is 0.0801. The second kappa shape index (κ2) is 10.2. The highest BCUT2D eigenvalue weighted by atomic mass is 16.6. The lowest BCUT2D eigenvalue weighted by Crippen LogP contribution is -2.44. The summed E-state index contributed by atoms with van der Waals surface area (Å²) in [5, 5.41) is 12.9. The normalized spacial score (nSPS) is 9.79. The topological polar surface area (TPSA) is 157 Å². The van der Waals surface area contributed by atoms with Gasteiger partial charge in [-0.2, -0.15) is 0 Å². The molecule has 0 aromatic heterocycles. The number of ether oxygens (including phenoxy) is 1. The molecule has 0 bridgehead atoms. The number of non-ortho nitro benzene ring substituents is 1. The van der Waals surface area contributed by atoms with E-state index in [1.54, 1.807) is 30.3 Å². The van der Waals surface area contributed by atoms with Crippen LogP contribution in [-0.4, -0.2) is 41.8 Å². The maximum absolute atomic E-state index is 11.8. The summed E-state index contributed by atoms with van der Waals surface area (Å²) < 4.78 is 4.68. The molecule has 150 valence electrons. The van der Waals surface area contributed by atoms with Crippen LogP contribution in [0.2, 0.25) is 0 Å². The van der Waals surface area contributed by atoms with Crippen molar-refractivity contribution in [3.8, 4) is 0 Å². The van der Waals surface area contributed by atoms with Gasteiger partial charge >= 0.3 is 5.97 Å². The molecule has 2 aromatic carbocycles. The Morgan fingerprint density at radius 1 is 0.862 bits per heavy atom. The molecule has 3 N–H and O–H groups in total. The minimum Gasteiger partial charge on any atom is -0.454 e. The molecule has 2 aromatic rings. The van der Waals surface area contributed by atoms with Crippen LogP contribution >= 0.6 is 0 Å². The SMILES string of the molecule is O=C(COC(=O)CNC(=O)c1ccccc1)NNC(=O)c1ccc([N+](=O)[O-])cc1. The fraction of sp³-hybridized carbons (Fsp3) is 0.111. The quantitative estimate of drug-likeness (QED) is 0.343. The molecule has 0 saturated carbocycles. The van der Waals surface area contributed by atoms with E-state index in [-0.39, 0.29) is 11.3 Å². The molecular weight excluding hydrogens is 384 g/mol. The number of nitrogens with zero attached hydrogens (tertiary/aromatic N) is 1. The van der Waals surface area contributed by atoms with Gasteiger partial charge in [0.05, 0.1) is 4.92 Å². The largest absolute Gasteiger partial charge is 0.454 e. The zero-order valence-electron chi connectivity index (χ0n) is 14.9. The summed E-state index contributed by atoms with van der Waals surface area (Å²) in [7, 11) is 0. The molecule has 11 heteroatoms. The van der Waals surface area contributed by atoms with Gasteiger partial charge in [-0.05, 0) is 24.3 Å². The number of hydrogen-bond donors (Lipinski definition) is 3. The van der Waals surface area contributed by atoms with Crippen LogP contribution in [0.3, 0.4) is 0 Å². The Bertz CT molecular complexity index is 914. The van der Waals surface area contributed by atoms with Gasteiger partial charge < -0.3 is 10.1 Å². The average Bonchev–Trinajstić information content (AvgIpc) is 2.74. The molecule has 3 amide bonds. The van der Waals surface area contributed by atoms with Crippen molar-refractivity contribution in [1.29, 1.82) is 0 Å². The van der Waals surface area contributed by atoms with Crippen molar-refractivity contribution in [1.82, 2.24) is 16.2 Å². The summed E-state index contributed by atoms with van der Waals surface area (Å²) in [6.07, 6.45) is 0. The van der Waals surface area contributed by atoms with Crippen molar-refractivity contribution < 1.29 is 28.8 Å². The van der Waals surface area contributed by atoms with E-state index in [1.165, 1.54) is 12.1 Å². The highest BCUT2D eigenvalue weighted by Gasteiger charge is 2.13. The Balaban J connectivity index is 1.68. The number of hydrogen-bond acceptors (Lipinski definition) is 7. The Hall–Kier alpha value is -4.28. The molecule has 0 saturated heterocycles. The maximum atomic E-state index is 11.8. The van der Waals surface area contributed by atoms with Crippen LogP contribution in [-0.2, 0) is 14.3 Å². The second-order valence-corrected chi connectivity index (χ2v) is 5.52. The molecule has 29 heavy (non-hydrogen) atoms. The van der Waals surface area contributed by atoms with Gasteiger partial charge in [-0.25, -0.2) is 0 Å². The maximum Gasteiger partial charge on any atom is 0.325 e. The van der Waals surface area contributed by atoms with E-state index in [2.05, 4.69) is 15.5 Å². The van der Waals surface area contributed by atoms with E-state index >= 15 is 0 Å². The first-order chi connectivity index (χ1) is 13.9. The molecule has 0 heterocycles. The molecule has 0 aliphatic rings. The van der Waals surface area contributed by atoms with Crippen molar-refractivity contribution in [2.24, 2.45) is 0 Å². The lowest BCUT2D eigenvalue weighted by molar-refractivity contribution is -0.384. The fourth-order valence-electron chi connectivity index (χ4n) is 2.01. The zero-order valence-corrected chi connectivity index (χ0v) is 14.9. The highest BCUT2D eigenvalue weighted by Crippen LogP contribution is 2.11. The average molecular weight is 400 g/mol. The summed E-state index contributed by atoms with van der Waals surface area (Å²) in [5.74, 6) is -2.84. The summed E-state index contributed by atoms with van der Waals surface area (Å²) in [4.78, 5) is 56.7. The Labute approximate surface area is 164 Å². The summed E-state index contributed by atoms with van der Waals surface area (Å²) >= 11 is 0. The van der Waals surface area contributed by atoms with Crippen LogP contribution < -0.4 is 16.2 Å². The van der Waals surface area contributed by atoms with Gasteiger partial charge in [-0.1, -0.05) is 18.2 Å². The zero-order chi connectivity index (χ0) is 21.2. The summed E-state index contributed by atoms with van der Waals surface area (Å²) in [6, 6.07) is 12.9. The number of rotatable bonds is 7. The number of esters is 1. The predicted molar refractivity (Wildman–Crippen MR) is 98.4 cm³/mol. The van der Waals surface area contributed by atoms with Crippen LogP contribution in [0.4, 0.5) is 5.69 Å². The first-order valence-electron chi connectivity index (χ1n) is 8.19. The third-order valence-electron chi connectivity index (χ3n) is 3.45. The lowest BCUT2D eigenvalue weighted by atomic mass is 10.2. The Morgan fingerprint density at radius 2 is 1.48 bits per heavy atom. The molecule has 0 aliphatic carbocycles. The van der Waals surface area contributed by atoms with Gasteiger partial charge in [-0.3, -0.25) is 40.1 Å². The number of carbonyl (C=O) groups excluding carboxylic acids is 4. The van der Waals surface area contributed by atoms with E-state index in [4.69, 9.17) is 0 Å². The fourth-order valence-corrected chi connectivity index (χ4v) is 2.01.